The van der Waals surface area contributed by atoms with Crippen LogP contribution in [0.5, 0.6) is 5.75 Å². The summed E-state index contributed by atoms with van der Waals surface area (Å²) in [7, 11) is 0. The standard InChI is InChI=1S/C24H28N4O3/c29-24(28-12-4-1-5-13-28)20-6-2-3-7-23(20)30-19-10-14-27(15-11-19)17-18-8-9-21-22(16-18)26-31-25-21/h2-3,6-9,16,19H,1,4-5,10-15,17H2. The molecule has 1 aromatic heterocycles. The van der Waals surface area contributed by atoms with Gasteiger partial charge in [0.25, 0.3) is 5.91 Å². The van der Waals surface area contributed by atoms with Gasteiger partial charge in [-0.15, -0.1) is 0 Å². The van der Waals surface area contributed by atoms with Crippen LogP contribution in [-0.2, 0) is 6.54 Å². The van der Waals surface area contributed by atoms with E-state index in [9.17, 15) is 4.79 Å². The van der Waals surface area contributed by atoms with Crippen molar-refractivity contribution in [2.75, 3.05) is 26.2 Å². The number of hydrogen-bond donors (Lipinski definition) is 0. The molecule has 2 fully saturated rings. The lowest BCUT2D eigenvalue weighted by Gasteiger charge is -2.33. The average Bonchev–Trinajstić information content (AvgIpc) is 3.29. The number of amides is 1. The number of carbonyl (C=O) groups excluding carboxylic acids is 1. The molecule has 2 aliphatic heterocycles. The van der Waals surface area contributed by atoms with Crippen LogP contribution in [0, 0.1) is 0 Å². The van der Waals surface area contributed by atoms with Crippen LogP contribution in [0.3, 0.4) is 0 Å². The molecule has 2 saturated heterocycles. The number of hydrogen-bond acceptors (Lipinski definition) is 6. The highest BCUT2D eigenvalue weighted by atomic mass is 16.6. The number of ether oxygens (including phenoxy) is 1. The molecule has 3 aromatic rings. The van der Waals surface area contributed by atoms with Crippen molar-refractivity contribution < 1.29 is 14.2 Å². The van der Waals surface area contributed by atoms with Crippen LogP contribution in [0.15, 0.2) is 47.1 Å². The van der Waals surface area contributed by atoms with E-state index >= 15 is 0 Å². The van der Waals surface area contributed by atoms with Crippen LogP contribution in [0.25, 0.3) is 11.0 Å². The SMILES string of the molecule is O=C(c1ccccc1OC1CCN(Cc2ccc3nonc3c2)CC1)N1CCCCC1. The number of aromatic nitrogens is 2. The van der Waals surface area contributed by atoms with Crippen molar-refractivity contribution in [1.82, 2.24) is 20.1 Å². The van der Waals surface area contributed by atoms with Crippen molar-refractivity contribution in [3.63, 3.8) is 0 Å². The highest BCUT2D eigenvalue weighted by Crippen LogP contribution is 2.26. The van der Waals surface area contributed by atoms with E-state index in [0.29, 0.717) is 5.56 Å². The van der Waals surface area contributed by atoms with Gasteiger partial charge in [-0.05, 0) is 72.2 Å². The number of rotatable bonds is 5. The molecule has 0 spiro atoms. The Kier molecular flexibility index (Phi) is 5.84. The van der Waals surface area contributed by atoms with Gasteiger partial charge in [0, 0.05) is 32.7 Å². The lowest BCUT2D eigenvalue weighted by atomic mass is 10.1. The molecule has 0 unspecified atom stereocenters. The Hall–Kier alpha value is -2.93. The Bertz CT molecular complexity index is 1040. The topological polar surface area (TPSA) is 71.7 Å². The zero-order valence-electron chi connectivity index (χ0n) is 17.7. The number of para-hydroxylation sites is 1. The molecule has 162 valence electrons. The summed E-state index contributed by atoms with van der Waals surface area (Å²) >= 11 is 0. The van der Waals surface area contributed by atoms with Crippen molar-refractivity contribution in [1.29, 1.82) is 0 Å². The molecule has 0 N–H and O–H groups in total. The molecular weight excluding hydrogens is 392 g/mol. The number of fused-ring (bicyclic) bond motifs is 1. The third-order valence-corrected chi connectivity index (χ3v) is 6.31. The van der Waals surface area contributed by atoms with Crippen LogP contribution in [0.4, 0.5) is 0 Å². The highest BCUT2D eigenvalue weighted by molar-refractivity contribution is 5.97. The maximum Gasteiger partial charge on any atom is 0.257 e. The van der Waals surface area contributed by atoms with E-state index in [0.717, 1.165) is 75.2 Å². The number of likely N-dealkylation sites (tertiary alicyclic amines) is 2. The second-order valence-electron chi connectivity index (χ2n) is 8.53. The minimum atomic E-state index is 0.102. The van der Waals surface area contributed by atoms with Gasteiger partial charge in [-0.1, -0.05) is 18.2 Å². The molecule has 2 aromatic carbocycles. The zero-order valence-corrected chi connectivity index (χ0v) is 17.7. The molecule has 0 aliphatic carbocycles. The fourth-order valence-corrected chi connectivity index (χ4v) is 4.56. The molecular formula is C24H28N4O3. The Morgan fingerprint density at radius 2 is 1.74 bits per heavy atom. The van der Waals surface area contributed by atoms with E-state index < -0.39 is 0 Å². The molecule has 31 heavy (non-hydrogen) atoms. The number of nitrogens with zero attached hydrogens (tertiary/aromatic N) is 4. The third-order valence-electron chi connectivity index (χ3n) is 6.31. The lowest BCUT2D eigenvalue weighted by molar-refractivity contribution is 0.0702. The molecule has 3 heterocycles. The summed E-state index contributed by atoms with van der Waals surface area (Å²) in [6, 6.07) is 13.8. The smallest absolute Gasteiger partial charge is 0.257 e. The average molecular weight is 421 g/mol. The van der Waals surface area contributed by atoms with Crippen molar-refractivity contribution in [2.45, 2.75) is 44.8 Å². The summed E-state index contributed by atoms with van der Waals surface area (Å²) in [5, 5.41) is 7.79. The van der Waals surface area contributed by atoms with Gasteiger partial charge in [-0.25, -0.2) is 4.63 Å². The Morgan fingerprint density at radius 3 is 2.58 bits per heavy atom. The Morgan fingerprint density at radius 1 is 0.968 bits per heavy atom. The van der Waals surface area contributed by atoms with Crippen LogP contribution in [-0.4, -0.2) is 58.3 Å². The third kappa shape index (κ3) is 4.56. The number of carbonyl (C=O) groups is 1. The summed E-state index contributed by atoms with van der Waals surface area (Å²) < 4.78 is 11.1. The van der Waals surface area contributed by atoms with E-state index in [1.54, 1.807) is 0 Å². The summed E-state index contributed by atoms with van der Waals surface area (Å²) in [4.78, 5) is 17.4. The fourth-order valence-electron chi connectivity index (χ4n) is 4.56. The quantitative estimate of drug-likeness (QED) is 0.624. The second-order valence-corrected chi connectivity index (χ2v) is 8.53. The zero-order chi connectivity index (χ0) is 21.0. The molecule has 0 atom stereocenters. The predicted octanol–water partition coefficient (Wildman–Crippen LogP) is 3.89. The predicted molar refractivity (Wildman–Crippen MR) is 117 cm³/mol. The minimum absolute atomic E-state index is 0.102. The molecule has 0 saturated carbocycles. The van der Waals surface area contributed by atoms with Crippen molar-refractivity contribution in [3.8, 4) is 5.75 Å². The summed E-state index contributed by atoms with van der Waals surface area (Å²) in [6.45, 7) is 4.49. The lowest BCUT2D eigenvalue weighted by Crippen LogP contribution is -2.38. The van der Waals surface area contributed by atoms with Gasteiger partial charge in [0.1, 0.15) is 22.9 Å². The first kappa shape index (κ1) is 20.0. The monoisotopic (exact) mass is 420 g/mol. The number of piperidine rings is 2. The largest absolute Gasteiger partial charge is 0.489 e. The minimum Gasteiger partial charge on any atom is -0.489 e. The van der Waals surface area contributed by atoms with Gasteiger partial charge in [0.2, 0.25) is 0 Å². The highest BCUT2D eigenvalue weighted by Gasteiger charge is 2.25. The van der Waals surface area contributed by atoms with Crippen LogP contribution in [0.1, 0.15) is 48.0 Å². The Balaban J connectivity index is 1.18. The normalized spacial score (nSPS) is 18.4. The molecule has 5 rings (SSSR count). The molecule has 1 amide bonds. The van der Waals surface area contributed by atoms with Gasteiger partial charge in [-0.3, -0.25) is 9.69 Å². The molecule has 0 bridgehead atoms. The van der Waals surface area contributed by atoms with E-state index in [4.69, 9.17) is 9.37 Å². The van der Waals surface area contributed by atoms with E-state index in [1.807, 2.05) is 41.3 Å². The van der Waals surface area contributed by atoms with Gasteiger partial charge >= 0.3 is 0 Å². The molecule has 0 radical (unpaired) electrons. The first-order valence-corrected chi connectivity index (χ1v) is 11.2. The maximum atomic E-state index is 13.0. The van der Waals surface area contributed by atoms with Gasteiger partial charge < -0.3 is 9.64 Å². The fraction of sp³-hybridized carbons (Fsp3) is 0.458. The van der Waals surface area contributed by atoms with Crippen molar-refractivity contribution in [2.24, 2.45) is 0 Å². The van der Waals surface area contributed by atoms with Crippen molar-refractivity contribution in [3.05, 3.63) is 53.6 Å². The van der Waals surface area contributed by atoms with Crippen molar-refractivity contribution >= 4 is 16.9 Å². The van der Waals surface area contributed by atoms with Crippen LogP contribution >= 0.6 is 0 Å². The molecule has 7 heteroatoms. The summed E-state index contributed by atoms with van der Waals surface area (Å²) in [5.74, 6) is 0.825. The van der Waals surface area contributed by atoms with Gasteiger partial charge in [-0.2, -0.15) is 0 Å². The maximum absolute atomic E-state index is 13.0. The second kappa shape index (κ2) is 9.06. The molecule has 7 nitrogen and oxygen atoms in total. The number of benzene rings is 2. The van der Waals surface area contributed by atoms with Gasteiger partial charge in [0.15, 0.2) is 0 Å². The Labute approximate surface area is 181 Å². The first-order chi connectivity index (χ1) is 15.3. The van der Waals surface area contributed by atoms with Crippen LogP contribution in [0.2, 0.25) is 0 Å². The summed E-state index contributed by atoms with van der Waals surface area (Å²) in [5.41, 5.74) is 3.49. The van der Waals surface area contributed by atoms with E-state index in [1.165, 1.54) is 12.0 Å². The van der Waals surface area contributed by atoms with E-state index in [-0.39, 0.29) is 12.0 Å². The first-order valence-electron chi connectivity index (χ1n) is 11.2. The van der Waals surface area contributed by atoms with Crippen LogP contribution < -0.4 is 4.74 Å². The van der Waals surface area contributed by atoms with Gasteiger partial charge in [0.05, 0.1) is 5.56 Å². The molecule has 2 aliphatic rings. The van der Waals surface area contributed by atoms with E-state index in [2.05, 4.69) is 21.3 Å². The summed E-state index contributed by atoms with van der Waals surface area (Å²) in [6.07, 6.45) is 5.42.